The van der Waals surface area contributed by atoms with E-state index >= 15 is 0 Å². The summed E-state index contributed by atoms with van der Waals surface area (Å²) in [6, 6.07) is 0.357. The Morgan fingerprint density at radius 2 is 1.31 bits per heavy atom. The fraction of sp³-hybridized carbons (Fsp3) is 0.333. The molecule has 1 rings (SSSR count). The van der Waals surface area contributed by atoms with E-state index in [0.29, 0.717) is 6.07 Å². The van der Waals surface area contributed by atoms with Gasteiger partial charge < -0.3 is 5.11 Å². The van der Waals surface area contributed by atoms with Crippen molar-refractivity contribution in [2.45, 2.75) is 19.3 Å². The van der Waals surface area contributed by atoms with Gasteiger partial charge in [0.15, 0.2) is 0 Å². The van der Waals surface area contributed by atoms with Gasteiger partial charge in [0.05, 0.1) is 11.1 Å². The highest BCUT2D eigenvalue weighted by molar-refractivity contribution is 5.44. The topological polar surface area (TPSA) is 20.2 Å². The lowest BCUT2D eigenvalue weighted by Gasteiger charge is -2.15. The van der Waals surface area contributed by atoms with Gasteiger partial charge in [-0.2, -0.15) is 26.3 Å². The van der Waals surface area contributed by atoms with Crippen molar-refractivity contribution >= 4 is 0 Å². The van der Waals surface area contributed by atoms with Crippen LogP contribution in [0.25, 0.3) is 0 Å². The van der Waals surface area contributed by atoms with E-state index in [4.69, 9.17) is 5.11 Å². The number of halogens is 6. The summed E-state index contributed by atoms with van der Waals surface area (Å²) < 4.78 is 73.6. The summed E-state index contributed by atoms with van der Waals surface area (Å²) in [5.41, 5.74) is -3.55. The Bertz CT molecular complexity index is 368. The Morgan fingerprint density at radius 1 is 0.875 bits per heavy atom. The van der Waals surface area contributed by atoms with Gasteiger partial charge in [0.1, 0.15) is 5.75 Å². The van der Waals surface area contributed by atoms with E-state index in [9.17, 15) is 26.3 Å². The average Bonchev–Trinajstić information content (AvgIpc) is 1.97. The highest BCUT2D eigenvalue weighted by Gasteiger charge is 2.39. The van der Waals surface area contributed by atoms with E-state index in [0.717, 1.165) is 6.92 Å². The summed E-state index contributed by atoms with van der Waals surface area (Å²) in [5.74, 6) is -1.21. The molecule has 7 heteroatoms. The second-order valence-electron chi connectivity index (χ2n) is 3.18. The lowest BCUT2D eigenvalue weighted by Crippen LogP contribution is -2.12. The maximum atomic E-state index is 12.3. The fourth-order valence-corrected chi connectivity index (χ4v) is 1.23. The number of phenolic OH excluding ortho intramolecular Hbond substituents is 1. The molecule has 1 N–H and O–H groups in total. The minimum atomic E-state index is -5.02. The number of aromatic hydroxyl groups is 1. The SMILES string of the molecule is Cc1cc(O)c(C(F)(F)F)cc1C(F)(F)F. The second kappa shape index (κ2) is 3.57. The summed E-state index contributed by atoms with van der Waals surface area (Å²) in [6.07, 6.45) is -9.89. The molecule has 0 aliphatic carbocycles. The Hall–Kier alpha value is -1.40. The maximum absolute atomic E-state index is 12.3. The summed E-state index contributed by atoms with van der Waals surface area (Å²) >= 11 is 0. The number of alkyl halides is 6. The standard InChI is InChI=1S/C9H6F6O/c1-4-2-7(16)6(9(13,14)15)3-5(4)8(10,11)12/h2-3,16H,1H3. The van der Waals surface area contributed by atoms with Crippen LogP contribution in [0.5, 0.6) is 5.75 Å². The van der Waals surface area contributed by atoms with Gasteiger partial charge in [0.2, 0.25) is 0 Å². The van der Waals surface area contributed by atoms with Crippen LogP contribution < -0.4 is 0 Å². The van der Waals surface area contributed by atoms with E-state index in [2.05, 4.69) is 0 Å². The molecular formula is C9H6F6O. The highest BCUT2D eigenvalue weighted by atomic mass is 19.4. The van der Waals surface area contributed by atoms with Crippen LogP contribution >= 0.6 is 0 Å². The number of hydrogen-bond donors (Lipinski definition) is 1. The molecule has 0 aliphatic heterocycles. The molecule has 0 aliphatic rings. The molecule has 0 unspecified atom stereocenters. The van der Waals surface area contributed by atoms with E-state index in [-0.39, 0.29) is 6.07 Å². The Balaban J connectivity index is 3.45. The second-order valence-corrected chi connectivity index (χ2v) is 3.18. The molecule has 0 amide bonds. The van der Waals surface area contributed by atoms with Crippen molar-refractivity contribution in [3.8, 4) is 5.75 Å². The first-order valence-electron chi connectivity index (χ1n) is 4.01. The summed E-state index contributed by atoms with van der Waals surface area (Å²) in [6.45, 7) is 0.975. The van der Waals surface area contributed by atoms with Crippen LogP contribution in [0.15, 0.2) is 12.1 Å². The van der Waals surface area contributed by atoms with Gasteiger partial charge in [-0.1, -0.05) is 0 Å². The van der Waals surface area contributed by atoms with Gasteiger partial charge in [-0.15, -0.1) is 0 Å². The molecule has 0 fully saturated rings. The molecule has 1 nitrogen and oxygen atoms in total. The Labute approximate surface area is 86.3 Å². The average molecular weight is 244 g/mol. The van der Waals surface area contributed by atoms with Crippen LogP contribution in [-0.2, 0) is 12.4 Å². The molecular weight excluding hydrogens is 238 g/mol. The third-order valence-electron chi connectivity index (χ3n) is 1.95. The lowest BCUT2D eigenvalue weighted by molar-refractivity contribution is -0.144. The molecule has 90 valence electrons. The van der Waals surface area contributed by atoms with Gasteiger partial charge in [-0.05, 0) is 24.6 Å². The van der Waals surface area contributed by atoms with Gasteiger partial charge in [0.25, 0.3) is 0 Å². The largest absolute Gasteiger partial charge is 0.507 e. The quantitative estimate of drug-likeness (QED) is 0.689. The molecule has 0 radical (unpaired) electrons. The first kappa shape index (κ1) is 12.7. The van der Waals surface area contributed by atoms with Crippen LogP contribution in [-0.4, -0.2) is 5.11 Å². The van der Waals surface area contributed by atoms with Crippen molar-refractivity contribution in [2.75, 3.05) is 0 Å². The van der Waals surface area contributed by atoms with Crippen molar-refractivity contribution in [2.24, 2.45) is 0 Å². The zero-order valence-corrected chi connectivity index (χ0v) is 7.87. The molecule has 0 saturated carbocycles. The zero-order valence-electron chi connectivity index (χ0n) is 7.87. The van der Waals surface area contributed by atoms with Crippen molar-refractivity contribution in [3.63, 3.8) is 0 Å². The van der Waals surface area contributed by atoms with Crippen molar-refractivity contribution in [3.05, 3.63) is 28.8 Å². The van der Waals surface area contributed by atoms with Gasteiger partial charge in [0, 0.05) is 0 Å². The van der Waals surface area contributed by atoms with E-state index in [1.54, 1.807) is 0 Å². The van der Waals surface area contributed by atoms with Gasteiger partial charge >= 0.3 is 12.4 Å². The first-order chi connectivity index (χ1) is 7.03. The summed E-state index contributed by atoms with van der Waals surface area (Å²) in [5, 5.41) is 8.93. The van der Waals surface area contributed by atoms with Crippen LogP contribution in [0, 0.1) is 6.92 Å². The molecule has 1 aromatic rings. The minimum absolute atomic E-state index is 0.0926. The predicted molar refractivity (Wildman–Crippen MR) is 42.8 cm³/mol. The summed E-state index contributed by atoms with van der Waals surface area (Å²) in [4.78, 5) is 0. The molecule has 0 atom stereocenters. The first-order valence-corrected chi connectivity index (χ1v) is 4.01. The zero-order chi connectivity index (χ0) is 12.7. The smallest absolute Gasteiger partial charge is 0.419 e. The number of rotatable bonds is 0. The number of hydrogen-bond acceptors (Lipinski definition) is 1. The van der Waals surface area contributed by atoms with E-state index < -0.39 is 34.8 Å². The number of aryl methyl sites for hydroxylation is 1. The molecule has 16 heavy (non-hydrogen) atoms. The molecule has 1 aromatic carbocycles. The third kappa shape index (κ3) is 2.40. The normalized spacial score (nSPS) is 12.9. The van der Waals surface area contributed by atoms with Crippen molar-refractivity contribution in [1.29, 1.82) is 0 Å². The fourth-order valence-electron chi connectivity index (χ4n) is 1.23. The molecule has 0 aromatic heterocycles. The molecule has 0 saturated heterocycles. The lowest BCUT2D eigenvalue weighted by atomic mass is 10.0. The van der Waals surface area contributed by atoms with Crippen molar-refractivity contribution in [1.82, 2.24) is 0 Å². The third-order valence-corrected chi connectivity index (χ3v) is 1.95. The molecule has 0 bridgehead atoms. The van der Waals surface area contributed by atoms with Crippen LogP contribution in [0.4, 0.5) is 26.3 Å². The maximum Gasteiger partial charge on any atom is 0.419 e. The van der Waals surface area contributed by atoms with Crippen molar-refractivity contribution < 1.29 is 31.4 Å². The predicted octanol–water partition coefficient (Wildman–Crippen LogP) is 3.74. The minimum Gasteiger partial charge on any atom is -0.507 e. The van der Waals surface area contributed by atoms with Crippen LogP contribution in [0.1, 0.15) is 16.7 Å². The van der Waals surface area contributed by atoms with E-state index in [1.165, 1.54) is 0 Å². The van der Waals surface area contributed by atoms with Gasteiger partial charge in [-0.3, -0.25) is 0 Å². The number of phenols is 1. The highest BCUT2D eigenvalue weighted by Crippen LogP contribution is 2.41. The Morgan fingerprint density at radius 3 is 1.69 bits per heavy atom. The van der Waals surface area contributed by atoms with E-state index in [1.807, 2.05) is 0 Å². The number of benzene rings is 1. The van der Waals surface area contributed by atoms with Crippen LogP contribution in [0.3, 0.4) is 0 Å². The molecule has 0 spiro atoms. The van der Waals surface area contributed by atoms with Gasteiger partial charge in [-0.25, -0.2) is 0 Å². The Kier molecular flexibility index (Phi) is 2.82. The molecule has 0 heterocycles. The summed E-state index contributed by atoms with van der Waals surface area (Å²) in [7, 11) is 0. The van der Waals surface area contributed by atoms with Crippen LogP contribution in [0.2, 0.25) is 0 Å². The monoisotopic (exact) mass is 244 g/mol.